The van der Waals surface area contributed by atoms with E-state index in [2.05, 4.69) is 10.1 Å². The van der Waals surface area contributed by atoms with Gasteiger partial charge < -0.3 is 9.63 Å². The predicted octanol–water partition coefficient (Wildman–Crippen LogP) is 3.71. The Kier molecular flexibility index (Phi) is 3.46. The minimum atomic E-state index is 0.187. The van der Waals surface area contributed by atoms with Crippen LogP contribution < -0.4 is 0 Å². The zero-order valence-electron chi connectivity index (χ0n) is 10.8. The second-order valence-electron chi connectivity index (χ2n) is 4.83. The van der Waals surface area contributed by atoms with Crippen molar-refractivity contribution < 1.29 is 9.63 Å². The zero-order valence-corrected chi connectivity index (χ0v) is 11.6. The molecule has 2 aromatic rings. The molecule has 0 saturated carbocycles. The molecule has 0 spiro atoms. The first kappa shape index (κ1) is 12.5. The highest BCUT2D eigenvalue weighted by Crippen LogP contribution is 2.38. The monoisotopic (exact) mass is 276 g/mol. The second-order valence-corrected chi connectivity index (χ2v) is 6.14. The van der Waals surface area contributed by atoms with Crippen molar-refractivity contribution >= 4 is 11.8 Å². The van der Waals surface area contributed by atoms with Gasteiger partial charge in [0.25, 0.3) is 5.89 Å². The summed E-state index contributed by atoms with van der Waals surface area (Å²) in [7, 11) is 0. The Morgan fingerprint density at radius 2 is 2.26 bits per heavy atom. The van der Waals surface area contributed by atoms with Crippen LogP contribution in [0, 0.1) is 6.92 Å². The zero-order chi connectivity index (χ0) is 13.2. The number of benzene rings is 1. The first-order valence-corrected chi connectivity index (χ1v) is 7.54. The van der Waals surface area contributed by atoms with Gasteiger partial charge in [-0.2, -0.15) is 16.7 Å². The lowest BCUT2D eigenvalue weighted by Crippen LogP contribution is -2.03. The molecule has 1 saturated heterocycles. The van der Waals surface area contributed by atoms with Crippen molar-refractivity contribution in [3.05, 3.63) is 29.6 Å². The van der Waals surface area contributed by atoms with Crippen LogP contribution in [-0.2, 0) is 0 Å². The van der Waals surface area contributed by atoms with Gasteiger partial charge in [0.2, 0.25) is 0 Å². The van der Waals surface area contributed by atoms with Gasteiger partial charge in [-0.15, -0.1) is 0 Å². The van der Waals surface area contributed by atoms with Crippen molar-refractivity contribution in [3.63, 3.8) is 0 Å². The smallest absolute Gasteiger partial charge is 0.261 e. The van der Waals surface area contributed by atoms with E-state index in [0.29, 0.717) is 16.7 Å². The SMILES string of the molecule is Cc1ccc(-c2nc(C3CCCCS3)no2)c(O)c1. The van der Waals surface area contributed by atoms with Gasteiger partial charge in [-0.1, -0.05) is 17.6 Å². The number of thioether (sulfide) groups is 1. The fourth-order valence-corrected chi connectivity index (χ4v) is 3.48. The number of hydrogen-bond donors (Lipinski definition) is 1. The Balaban J connectivity index is 1.87. The minimum absolute atomic E-state index is 0.187. The molecule has 0 radical (unpaired) electrons. The van der Waals surface area contributed by atoms with Crippen LogP contribution >= 0.6 is 11.8 Å². The first-order chi connectivity index (χ1) is 9.24. The summed E-state index contributed by atoms with van der Waals surface area (Å²) in [6.45, 7) is 1.93. The Morgan fingerprint density at radius 3 is 3.00 bits per heavy atom. The van der Waals surface area contributed by atoms with Crippen LogP contribution in [0.4, 0.5) is 0 Å². The highest BCUT2D eigenvalue weighted by Gasteiger charge is 2.22. The molecule has 1 atom stereocenters. The van der Waals surface area contributed by atoms with Gasteiger partial charge in [0.1, 0.15) is 5.75 Å². The molecule has 1 aliphatic rings. The summed E-state index contributed by atoms with van der Waals surface area (Å²) >= 11 is 1.88. The molecule has 1 fully saturated rings. The number of hydrogen-bond acceptors (Lipinski definition) is 5. The molecule has 19 heavy (non-hydrogen) atoms. The third kappa shape index (κ3) is 2.61. The fourth-order valence-electron chi connectivity index (χ4n) is 2.24. The van der Waals surface area contributed by atoms with Gasteiger partial charge in [-0.05, 0) is 43.2 Å². The summed E-state index contributed by atoms with van der Waals surface area (Å²) in [6.07, 6.45) is 3.59. The van der Waals surface area contributed by atoms with E-state index < -0.39 is 0 Å². The number of phenols is 1. The molecule has 100 valence electrons. The number of aromatic nitrogens is 2. The van der Waals surface area contributed by atoms with Crippen LogP contribution in [0.25, 0.3) is 11.5 Å². The molecule has 0 amide bonds. The van der Waals surface area contributed by atoms with Gasteiger partial charge in [-0.3, -0.25) is 0 Å². The lowest BCUT2D eigenvalue weighted by molar-refractivity contribution is 0.415. The molecule has 5 heteroatoms. The van der Waals surface area contributed by atoms with E-state index in [4.69, 9.17) is 4.52 Å². The fraction of sp³-hybridized carbons (Fsp3) is 0.429. The van der Waals surface area contributed by atoms with Crippen molar-refractivity contribution in [2.75, 3.05) is 5.75 Å². The average Bonchev–Trinajstić information content (AvgIpc) is 2.89. The molecule has 0 aliphatic carbocycles. The minimum Gasteiger partial charge on any atom is -0.507 e. The van der Waals surface area contributed by atoms with E-state index >= 15 is 0 Å². The van der Waals surface area contributed by atoms with E-state index in [-0.39, 0.29) is 5.75 Å². The number of aromatic hydroxyl groups is 1. The molecular weight excluding hydrogens is 260 g/mol. The molecule has 2 heterocycles. The number of aryl methyl sites for hydroxylation is 1. The van der Waals surface area contributed by atoms with Gasteiger partial charge in [-0.25, -0.2) is 0 Å². The average molecular weight is 276 g/mol. The maximum atomic E-state index is 9.93. The van der Waals surface area contributed by atoms with Crippen molar-refractivity contribution in [1.82, 2.24) is 10.1 Å². The van der Waals surface area contributed by atoms with Crippen LogP contribution in [-0.4, -0.2) is 21.0 Å². The highest BCUT2D eigenvalue weighted by atomic mass is 32.2. The molecule has 4 nitrogen and oxygen atoms in total. The van der Waals surface area contributed by atoms with Crippen molar-refractivity contribution in [2.24, 2.45) is 0 Å². The Labute approximate surface area is 116 Å². The van der Waals surface area contributed by atoms with Crippen molar-refractivity contribution in [3.8, 4) is 17.2 Å². The van der Waals surface area contributed by atoms with Crippen molar-refractivity contribution in [2.45, 2.75) is 31.4 Å². The highest BCUT2D eigenvalue weighted by molar-refractivity contribution is 7.99. The maximum absolute atomic E-state index is 9.93. The summed E-state index contributed by atoms with van der Waals surface area (Å²) in [5, 5.41) is 14.3. The summed E-state index contributed by atoms with van der Waals surface area (Å²) in [4.78, 5) is 4.44. The lowest BCUT2D eigenvalue weighted by Gasteiger charge is -2.17. The lowest BCUT2D eigenvalue weighted by atomic mass is 10.1. The van der Waals surface area contributed by atoms with E-state index in [1.807, 2.05) is 30.8 Å². The summed E-state index contributed by atoms with van der Waals surface area (Å²) in [5.41, 5.74) is 1.61. The van der Waals surface area contributed by atoms with Crippen LogP contribution in [0.3, 0.4) is 0 Å². The Hall–Kier alpha value is -1.49. The van der Waals surface area contributed by atoms with Crippen LogP contribution in [0.5, 0.6) is 5.75 Å². The summed E-state index contributed by atoms with van der Waals surface area (Å²) < 4.78 is 5.29. The van der Waals surface area contributed by atoms with Gasteiger partial charge in [0.15, 0.2) is 5.82 Å². The maximum Gasteiger partial charge on any atom is 0.261 e. The molecule has 1 aromatic heterocycles. The molecule has 1 aliphatic heterocycles. The first-order valence-electron chi connectivity index (χ1n) is 6.49. The van der Waals surface area contributed by atoms with E-state index in [0.717, 1.165) is 23.6 Å². The van der Waals surface area contributed by atoms with Crippen LogP contribution in [0.1, 0.15) is 35.9 Å². The van der Waals surface area contributed by atoms with Gasteiger partial charge >= 0.3 is 0 Å². The van der Waals surface area contributed by atoms with E-state index in [1.54, 1.807) is 6.07 Å². The van der Waals surface area contributed by atoms with Gasteiger partial charge in [0, 0.05) is 0 Å². The van der Waals surface area contributed by atoms with Crippen LogP contribution in [0.2, 0.25) is 0 Å². The van der Waals surface area contributed by atoms with Crippen LogP contribution in [0.15, 0.2) is 22.7 Å². The number of phenolic OH excluding ortho intramolecular Hbond substituents is 1. The largest absolute Gasteiger partial charge is 0.507 e. The third-order valence-corrected chi connectivity index (χ3v) is 4.67. The number of rotatable bonds is 2. The molecule has 1 aromatic carbocycles. The predicted molar refractivity (Wildman–Crippen MR) is 75.2 cm³/mol. The van der Waals surface area contributed by atoms with E-state index in [1.165, 1.54) is 12.8 Å². The standard InChI is InChI=1S/C14H16N2O2S/c1-9-5-6-10(11(17)8-9)14-15-13(16-18-14)12-4-2-3-7-19-12/h5-6,8,12,17H,2-4,7H2,1H3. The van der Waals surface area contributed by atoms with Crippen molar-refractivity contribution in [1.29, 1.82) is 0 Å². The second kappa shape index (κ2) is 5.25. The summed E-state index contributed by atoms with van der Waals surface area (Å²) in [6, 6.07) is 5.44. The topological polar surface area (TPSA) is 59.2 Å². The third-order valence-electron chi connectivity index (χ3n) is 3.29. The molecule has 1 unspecified atom stereocenters. The Bertz CT molecular complexity index is 577. The molecule has 3 rings (SSSR count). The Morgan fingerprint density at radius 1 is 1.37 bits per heavy atom. The molecular formula is C14H16N2O2S. The quantitative estimate of drug-likeness (QED) is 0.906. The normalized spacial score (nSPS) is 19.5. The number of nitrogens with zero attached hydrogens (tertiary/aromatic N) is 2. The molecule has 1 N–H and O–H groups in total. The molecule has 0 bridgehead atoms. The van der Waals surface area contributed by atoms with Gasteiger partial charge in [0.05, 0.1) is 10.8 Å². The van der Waals surface area contributed by atoms with E-state index in [9.17, 15) is 5.11 Å². The summed E-state index contributed by atoms with van der Waals surface area (Å²) in [5.74, 6) is 2.49.